The van der Waals surface area contributed by atoms with Crippen LogP contribution in [0.15, 0.2) is 41.2 Å². The predicted octanol–water partition coefficient (Wildman–Crippen LogP) is 1.80. The molecule has 1 fully saturated rings. The summed E-state index contributed by atoms with van der Waals surface area (Å²) in [6, 6.07) is 7.83. The number of carbonyl (C=O) groups excluding carboxylic acids is 1. The highest BCUT2D eigenvalue weighted by Gasteiger charge is 2.29. The molecule has 1 aliphatic rings. The molecule has 2 N–H and O–H groups in total. The first-order valence-electron chi connectivity index (χ1n) is 8.34. The van der Waals surface area contributed by atoms with Crippen LogP contribution in [0.5, 0.6) is 0 Å². The molecule has 25 heavy (non-hydrogen) atoms. The van der Waals surface area contributed by atoms with Crippen LogP contribution in [0.3, 0.4) is 0 Å². The molecule has 1 aromatic carbocycles. The lowest BCUT2D eigenvalue weighted by Gasteiger charge is -2.32. The summed E-state index contributed by atoms with van der Waals surface area (Å²) in [4.78, 5) is 24.3. The number of aromatic nitrogens is 2. The number of aliphatic hydroxyl groups is 1. The Balaban J connectivity index is 1.76. The second-order valence-corrected chi connectivity index (χ2v) is 6.41. The van der Waals surface area contributed by atoms with Gasteiger partial charge in [0, 0.05) is 12.6 Å². The Bertz CT molecular complexity index is 811. The largest absolute Gasteiger partial charge is 0.388 e. The molecule has 0 unspecified atom stereocenters. The van der Waals surface area contributed by atoms with E-state index in [0.29, 0.717) is 18.5 Å². The highest BCUT2D eigenvalue weighted by atomic mass is 19.1. The quantitative estimate of drug-likeness (QED) is 0.885. The van der Waals surface area contributed by atoms with Gasteiger partial charge in [0.2, 0.25) is 0 Å². The summed E-state index contributed by atoms with van der Waals surface area (Å²) in [5, 5.41) is 17.2. The topological polar surface area (TPSA) is 84.2 Å². The van der Waals surface area contributed by atoms with Crippen LogP contribution < -0.4 is 10.9 Å². The number of rotatable bonds is 4. The van der Waals surface area contributed by atoms with Crippen molar-refractivity contribution < 1.29 is 14.3 Å². The van der Waals surface area contributed by atoms with Gasteiger partial charge in [-0.1, -0.05) is 19.3 Å². The van der Waals surface area contributed by atoms with Gasteiger partial charge in [-0.2, -0.15) is 9.78 Å². The molecule has 2 aromatic rings. The Morgan fingerprint density at radius 2 is 1.84 bits per heavy atom. The van der Waals surface area contributed by atoms with E-state index in [2.05, 4.69) is 10.4 Å². The fraction of sp³-hybridized carbons (Fsp3) is 0.389. The molecule has 1 aliphatic carbocycles. The van der Waals surface area contributed by atoms with Crippen molar-refractivity contribution in [2.45, 2.75) is 37.7 Å². The Hall–Kier alpha value is -2.54. The first-order valence-corrected chi connectivity index (χ1v) is 8.34. The lowest BCUT2D eigenvalue weighted by Crippen LogP contribution is -2.44. The molecule has 0 saturated heterocycles. The molecule has 1 saturated carbocycles. The van der Waals surface area contributed by atoms with E-state index in [4.69, 9.17) is 0 Å². The van der Waals surface area contributed by atoms with Gasteiger partial charge in [-0.25, -0.2) is 4.39 Å². The SMILES string of the molecule is O=C(NCC1(O)CCCCC1)c1ccc(=O)n(-c2ccc(F)cc2)n1. The van der Waals surface area contributed by atoms with Crippen molar-refractivity contribution in [3.8, 4) is 5.69 Å². The Labute approximate surface area is 144 Å². The molecule has 7 heteroatoms. The fourth-order valence-electron chi connectivity index (χ4n) is 3.02. The van der Waals surface area contributed by atoms with E-state index in [1.807, 2.05) is 0 Å². The zero-order valence-electron chi connectivity index (χ0n) is 13.7. The van der Waals surface area contributed by atoms with Crippen molar-refractivity contribution in [3.05, 3.63) is 58.3 Å². The minimum atomic E-state index is -0.876. The maximum Gasteiger partial charge on any atom is 0.271 e. The van der Waals surface area contributed by atoms with Gasteiger partial charge in [0.05, 0.1) is 11.3 Å². The van der Waals surface area contributed by atoms with E-state index in [0.717, 1.165) is 23.9 Å². The van der Waals surface area contributed by atoms with Crippen molar-refractivity contribution >= 4 is 5.91 Å². The van der Waals surface area contributed by atoms with Crippen molar-refractivity contribution in [2.75, 3.05) is 6.54 Å². The highest BCUT2D eigenvalue weighted by molar-refractivity contribution is 5.92. The smallest absolute Gasteiger partial charge is 0.271 e. The summed E-state index contributed by atoms with van der Waals surface area (Å²) in [7, 11) is 0. The van der Waals surface area contributed by atoms with Gasteiger partial charge in [-0.05, 0) is 43.2 Å². The molecule has 0 radical (unpaired) electrons. The van der Waals surface area contributed by atoms with Gasteiger partial charge < -0.3 is 10.4 Å². The van der Waals surface area contributed by atoms with Crippen LogP contribution in [0.4, 0.5) is 4.39 Å². The second-order valence-electron chi connectivity index (χ2n) is 6.41. The van der Waals surface area contributed by atoms with Crippen LogP contribution in [-0.4, -0.2) is 32.9 Å². The third kappa shape index (κ3) is 4.11. The number of carbonyl (C=O) groups is 1. The van der Waals surface area contributed by atoms with Crippen molar-refractivity contribution in [1.82, 2.24) is 15.1 Å². The van der Waals surface area contributed by atoms with Crippen LogP contribution in [0.25, 0.3) is 5.69 Å². The van der Waals surface area contributed by atoms with Crippen molar-refractivity contribution in [1.29, 1.82) is 0 Å². The Morgan fingerprint density at radius 3 is 2.52 bits per heavy atom. The third-order valence-electron chi connectivity index (χ3n) is 4.47. The molecule has 6 nitrogen and oxygen atoms in total. The number of amides is 1. The molecular weight excluding hydrogens is 325 g/mol. The van der Waals surface area contributed by atoms with Crippen LogP contribution in [0, 0.1) is 5.82 Å². The van der Waals surface area contributed by atoms with E-state index in [-0.39, 0.29) is 12.2 Å². The molecule has 0 atom stereocenters. The average Bonchev–Trinajstić information content (AvgIpc) is 2.62. The number of hydrogen-bond acceptors (Lipinski definition) is 4. The van der Waals surface area contributed by atoms with E-state index in [1.165, 1.54) is 36.4 Å². The van der Waals surface area contributed by atoms with Gasteiger partial charge in [0.1, 0.15) is 11.5 Å². The van der Waals surface area contributed by atoms with E-state index >= 15 is 0 Å². The molecule has 0 spiro atoms. The first kappa shape index (κ1) is 17.3. The minimum Gasteiger partial charge on any atom is -0.388 e. The number of hydrogen-bond donors (Lipinski definition) is 2. The molecule has 1 heterocycles. The molecule has 0 bridgehead atoms. The normalized spacial score (nSPS) is 16.4. The van der Waals surface area contributed by atoms with Crippen LogP contribution in [-0.2, 0) is 0 Å². The molecule has 1 aromatic heterocycles. The lowest BCUT2D eigenvalue weighted by molar-refractivity contribution is 0.00519. The summed E-state index contributed by atoms with van der Waals surface area (Å²) in [6.45, 7) is 0.156. The zero-order chi connectivity index (χ0) is 17.9. The van der Waals surface area contributed by atoms with Crippen molar-refractivity contribution in [3.63, 3.8) is 0 Å². The number of nitrogens with zero attached hydrogens (tertiary/aromatic N) is 2. The van der Waals surface area contributed by atoms with Gasteiger partial charge in [0.15, 0.2) is 0 Å². The fourth-order valence-corrected chi connectivity index (χ4v) is 3.02. The van der Waals surface area contributed by atoms with Crippen LogP contribution in [0.1, 0.15) is 42.6 Å². The predicted molar refractivity (Wildman–Crippen MR) is 90.2 cm³/mol. The van der Waals surface area contributed by atoms with Gasteiger partial charge >= 0.3 is 0 Å². The molecule has 1 amide bonds. The summed E-state index contributed by atoms with van der Waals surface area (Å²) in [5.74, 6) is -0.888. The number of halogens is 1. The van der Waals surface area contributed by atoms with Gasteiger partial charge in [-0.15, -0.1) is 0 Å². The van der Waals surface area contributed by atoms with E-state index in [9.17, 15) is 19.1 Å². The molecule has 3 rings (SSSR count). The van der Waals surface area contributed by atoms with Crippen LogP contribution in [0.2, 0.25) is 0 Å². The van der Waals surface area contributed by atoms with E-state index < -0.39 is 22.9 Å². The van der Waals surface area contributed by atoms with Gasteiger partial charge in [-0.3, -0.25) is 9.59 Å². The highest BCUT2D eigenvalue weighted by Crippen LogP contribution is 2.27. The first-order chi connectivity index (χ1) is 12.0. The lowest BCUT2D eigenvalue weighted by atomic mass is 9.85. The summed E-state index contributed by atoms with van der Waals surface area (Å²) in [6.07, 6.45) is 4.31. The zero-order valence-corrected chi connectivity index (χ0v) is 13.7. The molecule has 0 aliphatic heterocycles. The maximum atomic E-state index is 13.0. The summed E-state index contributed by atoms with van der Waals surface area (Å²) >= 11 is 0. The van der Waals surface area contributed by atoms with Gasteiger partial charge in [0.25, 0.3) is 11.5 Å². The summed E-state index contributed by atoms with van der Waals surface area (Å²) < 4.78 is 14.1. The Morgan fingerprint density at radius 1 is 1.16 bits per heavy atom. The monoisotopic (exact) mass is 345 g/mol. The standard InChI is InChI=1S/C18H20FN3O3/c19-13-4-6-14(7-5-13)22-16(23)9-8-15(21-22)17(24)20-12-18(25)10-2-1-3-11-18/h4-9,25H,1-3,10-12H2,(H,20,24). The number of nitrogens with one attached hydrogen (secondary N) is 1. The molecular formula is C18H20FN3O3. The second kappa shape index (κ2) is 7.14. The van der Waals surface area contributed by atoms with E-state index in [1.54, 1.807) is 0 Å². The van der Waals surface area contributed by atoms with Crippen LogP contribution >= 0.6 is 0 Å². The number of benzene rings is 1. The maximum absolute atomic E-state index is 13.0. The summed E-state index contributed by atoms with van der Waals surface area (Å²) in [5.41, 5.74) is -0.872. The Kier molecular flexibility index (Phi) is 4.94. The van der Waals surface area contributed by atoms with Crippen molar-refractivity contribution in [2.24, 2.45) is 0 Å². The molecule has 132 valence electrons. The minimum absolute atomic E-state index is 0.0586. The average molecular weight is 345 g/mol. The third-order valence-corrected chi connectivity index (χ3v) is 4.47.